The molecular formula is C30H96P10. The van der Waals surface area contributed by atoms with Crippen molar-refractivity contribution in [3.8, 4) is 0 Å². The average Bonchev–Trinajstić information content (AvgIpc) is 2.83. The molecule has 0 aromatic heterocycles. The van der Waals surface area contributed by atoms with Gasteiger partial charge in [-0.05, 0) is 29.7 Å². The van der Waals surface area contributed by atoms with E-state index in [1.807, 2.05) is 0 Å². The van der Waals surface area contributed by atoms with Crippen molar-refractivity contribution in [3.05, 3.63) is 0 Å². The molecule has 0 aliphatic carbocycles. The van der Waals surface area contributed by atoms with Crippen molar-refractivity contribution in [1.82, 2.24) is 0 Å². The van der Waals surface area contributed by atoms with Crippen LogP contribution < -0.4 is 0 Å². The van der Waals surface area contributed by atoms with E-state index in [2.05, 4.69) is 187 Å². The van der Waals surface area contributed by atoms with Crippen molar-refractivity contribution in [2.75, 3.05) is 0 Å². The van der Waals surface area contributed by atoms with Crippen LogP contribution in [0.4, 0.5) is 0 Å². The summed E-state index contributed by atoms with van der Waals surface area (Å²) in [6.07, 6.45) is 11.4. The summed E-state index contributed by atoms with van der Waals surface area (Å²) >= 11 is 0. The van der Waals surface area contributed by atoms with E-state index in [0.717, 1.165) is 7.96 Å². The van der Waals surface area contributed by atoms with Crippen LogP contribution in [-0.2, 0) is 0 Å². The molecule has 40 heavy (non-hydrogen) atoms. The van der Waals surface area contributed by atoms with Crippen LogP contribution in [0.15, 0.2) is 0 Å². The predicted octanol–water partition coefficient (Wildman–Crippen LogP) is 17.3. The SMILES string of the molecule is CCC.CCC.CCC.CCC.CCC.CCC(C)(C)C[C@@](C)(CC)C(C)(C)CC.P.PP.PP(P)P.PPP.[HH].[HH].[HH]. The summed E-state index contributed by atoms with van der Waals surface area (Å²) in [6, 6.07) is 0. The maximum atomic E-state index is 2.65. The van der Waals surface area contributed by atoms with Crippen LogP contribution in [0.2, 0.25) is 0 Å². The zero-order valence-electron chi connectivity index (χ0n) is 31.6. The molecule has 0 N–H and O–H groups in total. The van der Waals surface area contributed by atoms with Gasteiger partial charge in [-0.3, -0.25) is 0 Å². The molecule has 0 spiro atoms. The molecule has 0 aliphatic heterocycles. The van der Waals surface area contributed by atoms with Crippen molar-refractivity contribution in [2.45, 2.75) is 182 Å². The fourth-order valence-electron chi connectivity index (χ4n) is 2.45. The van der Waals surface area contributed by atoms with E-state index in [4.69, 9.17) is 0 Å². The number of hydrogen-bond donors (Lipinski definition) is 0. The molecule has 0 aromatic carbocycles. The highest BCUT2D eigenvalue weighted by Crippen LogP contribution is 2.59. The van der Waals surface area contributed by atoms with Crippen molar-refractivity contribution in [3.63, 3.8) is 0 Å². The molecule has 8 unspecified atom stereocenters. The molecule has 266 valence electrons. The minimum absolute atomic E-state index is 0. The second kappa shape index (κ2) is 62.2. The molecule has 0 saturated carbocycles. The van der Waals surface area contributed by atoms with Gasteiger partial charge in [0.1, 0.15) is 0 Å². The van der Waals surface area contributed by atoms with E-state index >= 15 is 0 Å². The van der Waals surface area contributed by atoms with Crippen LogP contribution in [0.3, 0.4) is 0 Å². The van der Waals surface area contributed by atoms with Gasteiger partial charge in [-0.1, -0.05) is 184 Å². The summed E-state index contributed by atoms with van der Waals surface area (Å²) in [6.45, 7) is 40.5. The van der Waals surface area contributed by atoms with Gasteiger partial charge < -0.3 is 0 Å². The molecule has 0 aliphatic rings. The Labute approximate surface area is 289 Å². The van der Waals surface area contributed by atoms with Crippen molar-refractivity contribution in [1.29, 1.82) is 0 Å². The number of hydrogen-bond acceptors (Lipinski definition) is 0. The summed E-state index contributed by atoms with van der Waals surface area (Å²) < 4.78 is 0. The van der Waals surface area contributed by atoms with Crippen LogP contribution in [-0.4, -0.2) is 0 Å². The molecule has 0 saturated heterocycles. The van der Waals surface area contributed by atoms with Crippen LogP contribution >= 0.6 is 87.3 Å². The Morgan fingerprint density at radius 3 is 0.800 bits per heavy atom. The topological polar surface area (TPSA) is 0 Å². The smallest absolute Gasteiger partial charge is 0 e. The van der Waals surface area contributed by atoms with Crippen LogP contribution in [0.25, 0.3) is 0 Å². The monoisotopic (exact) mass is 766 g/mol. The Hall–Kier alpha value is 4.30. The standard InChI is InChI=1S/C15H32.5C3H8.H6P4.H5P3.H4P2.H3P.3H2/c1-9-13(4,5)12-15(8,11-3)14(6,7)10-2;5*1-3-2;1-4(2)3;1-3-2;1-2;;;;/h9-12H2,1-8H3;5*3H2,1-2H3;1-3H2;3H,1-2H2;1-2H2;1H3;3*1H/t15-;;;;;;;;;;;;/m1............/s1. The van der Waals surface area contributed by atoms with Gasteiger partial charge in [-0.2, -0.15) is 9.90 Å². The molecule has 0 rings (SSSR count). The molecule has 10 heteroatoms. The van der Waals surface area contributed by atoms with Gasteiger partial charge in [0.15, 0.2) is 0 Å². The van der Waals surface area contributed by atoms with Gasteiger partial charge in [-0.25, -0.2) is 0 Å². The van der Waals surface area contributed by atoms with Gasteiger partial charge in [0.2, 0.25) is 0 Å². The highest BCUT2D eigenvalue weighted by molar-refractivity contribution is 8.65. The first-order valence-electron chi connectivity index (χ1n) is 15.4. The summed E-state index contributed by atoms with van der Waals surface area (Å²) in [5.74, 6) is 0. The largest absolute Gasteiger partial charge is 0.153 e. The second-order valence-electron chi connectivity index (χ2n) is 11.0. The van der Waals surface area contributed by atoms with E-state index in [1.165, 1.54) is 57.8 Å². The molecule has 0 heterocycles. The van der Waals surface area contributed by atoms with Crippen LogP contribution in [0.1, 0.15) is 187 Å². The Morgan fingerprint density at radius 2 is 0.700 bits per heavy atom. The normalized spacial score (nSPS) is 10.3. The third-order valence-corrected chi connectivity index (χ3v) is 5.12. The molecule has 0 fully saturated rings. The lowest BCUT2D eigenvalue weighted by Crippen LogP contribution is -2.38. The van der Waals surface area contributed by atoms with Gasteiger partial charge in [0.05, 0.1) is 0 Å². The molecule has 0 radical (unpaired) electrons. The van der Waals surface area contributed by atoms with Crippen molar-refractivity contribution < 1.29 is 4.28 Å². The lowest BCUT2D eigenvalue weighted by atomic mass is 9.57. The van der Waals surface area contributed by atoms with E-state index in [1.54, 1.807) is 0 Å². The van der Waals surface area contributed by atoms with Crippen molar-refractivity contribution in [2.24, 2.45) is 16.2 Å². The second-order valence-corrected chi connectivity index (χ2v) is 27.0. The Bertz CT molecular complexity index is 327. The van der Waals surface area contributed by atoms with Gasteiger partial charge in [0.25, 0.3) is 0 Å². The molecule has 0 bridgehead atoms. The minimum atomic E-state index is 0. The first kappa shape index (κ1) is 70.6. The molecule has 0 nitrogen and oxygen atoms in total. The maximum absolute atomic E-state index is 2.65. The summed E-state index contributed by atoms with van der Waals surface area (Å²) in [5, 5.41) is 0. The third kappa shape index (κ3) is 90.1. The zero-order valence-corrected chi connectivity index (χ0v) is 43.0. The zero-order chi connectivity index (χ0) is 34.1. The van der Waals surface area contributed by atoms with E-state index < -0.39 is 0 Å². The fourth-order valence-corrected chi connectivity index (χ4v) is 2.45. The van der Waals surface area contributed by atoms with Crippen molar-refractivity contribution >= 4 is 87.3 Å². The average molecular weight is 767 g/mol. The van der Waals surface area contributed by atoms with E-state index in [9.17, 15) is 0 Å². The Morgan fingerprint density at radius 1 is 0.525 bits per heavy atom. The maximum Gasteiger partial charge on any atom is 0 e. The highest BCUT2D eigenvalue weighted by Gasteiger charge is 2.41. The molecule has 0 aromatic rings. The van der Waals surface area contributed by atoms with Gasteiger partial charge >= 0.3 is 0 Å². The van der Waals surface area contributed by atoms with Crippen LogP contribution in [0.5, 0.6) is 0 Å². The highest BCUT2D eigenvalue weighted by atomic mass is 32.7. The molecular weight excluding hydrogens is 670 g/mol. The first-order chi connectivity index (χ1) is 17.9. The van der Waals surface area contributed by atoms with Crippen LogP contribution in [0, 0.1) is 16.2 Å². The molecule has 0 amide bonds. The summed E-state index contributed by atoms with van der Waals surface area (Å²) in [7, 11) is 18.7. The third-order valence-electron chi connectivity index (χ3n) is 5.12. The van der Waals surface area contributed by atoms with E-state index in [-0.39, 0.29) is 21.2 Å². The van der Waals surface area contributed by atoms with Gasteiger partial charge in [0, 0.05) is 4.28 Å². The quantitative estimate of drug-likeness (QED) is 0.236. The Balaban J connectivity index is -0.0000000246. The summed E-state index contributed by atoms with van der Waals surface area (Å²) in [5.41, 5.74) is 1.41. The van der Waals surface area contributed by atoms with Gasteiger partial charge in [-0.15, -0.1) is 62.5 Å². The van der Waals surface area contributed by atoms with E-state index in [0.29, 0.717) is 16.2 Å². The fraction of sp³-hybridized carbons (Fsp3) is 1.00. The number of rotatable bonds is 6. The molecule has 9 atom stereocenters. The minimum Gasteiger partial charge on any atom is -0.153 e. The lowest BCUT2D eigenvalue weighted by molar-refractivity contribution is 0.0257. The predicted molar refractivity (Wildman–Crippen MR) is 252 cm³/mol. The summed E-state index contributed by atoms with van der Waals surface area (Å²) in [4.78, 5) is 0. The lowest BCUT2D eigenvalue weighted by Gasteiger charge is -2.48. The Kier molecular flexibility index (Phi) is 110. The first-order valence-corrected chi connectivity index (χ1v) is 28.9.